The molecule has 1 heterocycles. The van der Waals surface area contributed by atoms with Crippen molar-refractivity contribution in [2.24, 2.45) is 11.7 Å². The molecule has 1 aromatic heterocycles. The summed E-state index contributed by atoms with van der Waals surface area (Å²) in [7, 11) is 0. The molecule has 0 bridgehead atoms. The second kappa shape index (κ2) is 6.22. The van der Waals surface area contributed by atoms with Crippen LogP contribution in [0.1, 0.15) is 42.2 Å². The number of aromatic nitrogens is 1. The third kappa shape index (κ3) is 2.77. The Kier molecular flexibility index (Phi) is 4.60. The molecule has 2 unspecified atom stereocenters. The molecule has 5 nitrogen and oxygen atoms in total. The number of rotatable bonds is 4. The van der Waals surface area contributed by atoms with Crippen LogP contribution in [0.2, 0.25) is 0 Å². The van der Waals surface area contributed by atoms with Crippen LogP contribution in [0.3, 0.4) is 0 Å². The quantitative estimate of drug-likeness (QED) is 0.870. The summed E-state index contributed by atoms with van der Waals surface area (Å²) in [5, 5.41) is 0. The Balaban J connectivity index is 2.27. The van der Waals surface area contributed by atoms with Gasteiger partial charge >= 0.3 is 0 Å². The number of hydrogen-bond acceptors (Lipinski definition) is 3. The first kappa shape index (κ1) is 14.8. The molecular weight excluding hydrogens is 254 g/mol. The van der Waals surface area contributed by atoms with Gasteiger partial charge in [-0.25, -0.2) is 0 Å². The van der Waals surface area contributed by atoms with E-state index in [2.05, 4.69) is 4.98 Å². The Morgan fingerprint density at radius 2 is 2.25 bits per heavy atom. The molecule has 3 N–H and O–H groups in total. The summed E-state index contributed by atoms with van der Waals surface area (Å²) in [5.74, 6) is 0.169. The molecule has 0 aliphatic heterocycles. The van der Waals surface area contributed by atoms with Gasteiger partial charge in [-0.3, -0.25) is 9.59 Å². The minimum Gasteiger partial charge on any atom is -0.364 e. The second-order valence-electron chi connectivity index (χ2n) is 5.48. The molecule has 5 heteroatoms. The highest BCUT2D eigenvalue weighted by Gasteiger charge is 2.34. The molecule has 0 saturated heterocycles. The van der Waals surface area contributed by atoms with Gasteiger partial charge in [-0.1, -0.05) is 6.42 Å². The number of nitrogens with one attached hydrogen (secondary N) is 1. The molecule has 1 aromatic rings. The predicted octanol–water partition coefficient (Wildman–Crippen LogP) is 1.27. The van der Waals surface area contributed by atoms with E-state index in [1.54, 1.807) is 6.92 Å². The maximum absolute atomic E-state index is 12.6. The predicted molar refractivity (Wildman–Crippen MR) is 78.7 cm³/mol. The maximum atomic E-state index is 12.6. The van der Waals surface area contributed by atoms with Crippen molar-refractivity contribution in [1.29, 1.82) is 0 Å². The van der Waals surface area contributed by atoms with Gasteiger partial charge in [-0.15, -0.1) is 0 Å². The number of nitrogens with zero attached hydrogens (tertiary/aromatic N) is 1. The molecule has 2 atom stereocenters. The van der Waals surface area contributed by atoms with Gasteiger partial charge in [0.2, 0.25) is 0 Å². The summed E-state index contributed by atoms with van der Waals surface area (Å²) < 4.78 is 0. The van der Waals surface area contributed by atoms with E-state index in [0.717, 1.165) is 25.0 Å². The highest BCUT2D eigenvalue weighted by molar-refractivity contribution is 5.94. The Morgan fingerprint density at radius 3 is 2.85 bits per heavy atom. The first-order valence-electron chi connectivity index (χ1n) is 7.28. The molecule has 1 fully saturated rings. The van der Waals surface area contributed by atoms with Gasteiger partial charge in [0, 0.05) is 30.5 Å². The Morgan fingerprint density at radius 1 is 1.50 bits per heavy atom. The zero-order chi connectivity index (χ0) is 14.7. The van der Waals surface area contributed by atoms with Crippen molar-refractivity contribution < 1.29 is 4.79 Å². The number of aryl methyl sites for hydroxylation is 1. The van der Waals surface area contributed by atoms with E-state index in [9.17, 15) is 9.59 Å². The van der Waals surface area contributed by atoms with E-state index < -0.39 is 0 Å². The number of nitrogens with two attached hydrogens (primary N) is 1. The van der Waals surface area contributed by atoms with Gasteiger partial charge in [0.1, 0.15) is 5.56 Å². The van der Waals surface area contributed by atoms with Crippen molar-refractivity contribution in [2.45, 2.75) is 39.2 Å². The normalized spacial score (nSPS) is 21.9. The van der Waals surface area contributed by atoms with Crippen molar-refractivity contribution in [3.05, 3.63) is 33.7 Å². The molecule has 1 aliphatic carbocycles. The lowest BCUT2D eigenvalue weighted by Gasteiger charge is -2.31. The lowest BCUT2D eigenvalue weighted by atomic mass is 10.0. The van der Waals surface area contributed by atoms with E-state index >= 15 is 0 Å². The van der Waals surface area contributed by atoms with Crippen LogP contribution >= 0.6 is 0 Å². The zero-order valence-corrected chi connectivity index (χ0v) is 12.2. The molecule has 1 aliphatic rings. The van der Waals surface area contributed by atoms with Crippen LogP contribution in [0.4, 0.5) is 0 Å². The van der Waals surface area contributed by atoms with Gasteiger partial charge < -0.3 is 15.6 Å². The van der Waals surface area contributed by atoms with Crippen molar-refractivity contribution in [2.75, 3.05) is 13.1 Å². The minimum absolute atomic E-state index is 0.165. The average molecular weight is 277 g/mol. The third-order valence-corrected chi connectivity index (χ3v) is 4.21. The largest absolute Gasteiger partial charge is 0.364 e. The van der Waals surface area contributed by atoms with Crippen LogP contribution in [0.25, 0.3) is 0 Å². The van der Waals surface area contributed by atoms with E-state index in [4.69, 9.17) is 5.73 Å². The molecule has 0 radical (unpaired) electrons. The van der Waals surface area contributed by atoms with Gasteiger partial charge in [0.25, 0.3) is 5.91 Å². The molecular formula is C15H23N3O2. The standard InChI is InChI=1S/C15H23N3O2/c1-3-18(13-6-4-5-11(13)8-16)15(20)12-9-17-10(2)7-14(12)19/h7,9,11,13H,3-6,8,16H2,1-2H3,(H,17,19). The maximum Gasteiger partial charge on any atom is 0.259 e. The van der Waals surface area contributed by atoms with Crippen molar-refractivity contribution in [3.63, 3.8) is 0 Å². The minimum atomic E-state index is -0.216. The van der Waals surface area contributed by atoms with E-state index in [1.165, 1.54) is 12.3 Å². The first-order valence-corrected chi connectivity index (χ1v) is 7.28. The summed E-state index contributed by atoms with van der Waals surface area (Å²) in [5.41, 5.74) is 6.57. The molecule has 2 rings (SSSR count). The number of carbonyl (C=O) groups excluding carboxylic acids is 1. The van der Waals surface area contributed by atoms with Crippen LogP contribution < -0.4 is 11.2 Å². The fourth-order valence-corrected chi connectivity index (χ4v) is 3.13. The highest BCUT2D eigenvalue weighted by atomic mass is 16.2. The number of aromatic amines is 1. The number of amides is 1. The molecule has 110 valence electrons. The molecule has 1 amide bonds. The number of carbonyl (C=O) groups is 1. The van der Waals surface area contributed by atoms with Gasteiger partial charge in [-0.05, 0) is 39.2 Å². The summed E-state index contributed by atoms with van der Waals surface area (Å²) in [6, 6.07) is 1.63. The topological polar surface area (TPSA) is 79.2 Å². The van der Waals surface area contributed by atoms with E-state index in [-0.39, 0.29) is 22.9 Å². The van der Waals surface area contributed by atoms with Crippen LogP contribution in [0.15, 0.2) is 17.1 Å². The highest BCUT2D eigenvalue weighted by Crippen LogP contribution is 2.29. The summed E-state index contributed by atoms with van der Waals surface area (Å²) in [6.07, 6.45) is 4.66. The SMILES string of the molecule is CCN(C(=O)c1c[nH]c(C)cc1=O)C1CCCC1CN. The van der Waals surface area contributed by atoms with Crippen molar-refractivity contribution >= 4 is 5.91 Å². The van der Waals surface area contributed by atoms with Crippen molar-refractivity contribution in [3.8, 4) is 0 Å². The molecule has 0 spiro atoms. The number of H-pyrrole nitrogens is 1. The Bertz CT molecular complexity index is 538. The Labute approximate surface area is 119 Å². The van der Waals surface area contributed by atoms with Crippen molar-refractivity contribution in [1.82, 2.24) is 9.88 Å². The third-order valence-electron chi connectivity index (χ3n) is 4.21. The van der Waals surface area contributed by atoms with Gasteiger partial charge in [0.05, 0.1) is 0 Å². The second-order valence-corrected chi connectivity index (χ2v) is 5.48. The zero-order valence-electron chi connectivity index (χ0n) is 12.2. The van der Waals surface area contributed by atoms with Crippen LogP contribution in [0, 0.1) is 12.8 Å². The summed E-state index contributed by atoms with van der Waals surface area (Å²) >= 11 is 0. The van der Waals surface area contributed by atoms with E-state index in [0.29, 0.717) is 19.0 Å². The van der Waals surface area contributed by atoms with Gasteiger partial charge in [0.15, 0.2) is 5.43 Å². The molecule has 20 heavy (non-hydrogen) atoms. The average Bonchev–Trinajstić information content (AvgIpc) is 2.87. The Hall–Kier alpha value is -1.62. The van der Waals surface area contributed by atoms with Crippen LogP contribution in [-0.4, -0.2) is 34.9 Å². The lowest BCUT2D eigenvalue weighted by Crippen LogP contribution is -2.45. The first-order chi connectivity index (χ1) is 9.58. The fraction of sp³-hybridized carbons (Fsp3) is 0.600. The fourth-order valence-electron chi connectivity index (χ4n) is 3.13. The van der Waals surface area contributed by atoms with Gasteiger partial charge in [-0.2, -0.15) is 0 Å². The summed E-state index contributed by atoms with van der Waals surface area (Å²) in [6.45, 7) is 4.95. The number of hydrogen-bond donors (Lipinski definition) is 2. The monoisotopic (exact) mass is 277 g/mol. The smallest absolute Gasteiger partial charge is 0.259 e. The molecule has 1 saturated carbocycles. The van der Waals surface area contributed by atoms with Crippen LogP contribution in [0.5, 0.6) is 0 Å². The summed E-state index contributed by atoms with van der Waals surface area (Å²) in [4.78, 5) is 29.4. The molecule has 0 aromatic carbocycles. The number of pyridine rings is 1. The lowest BCUT2D eigenvalue weighted by molar-refractivity contribution is 0.0650. The van der Waals surface area contributed by atoms with E-state index in [1.807, 2.05) is 11.8 Å². The van der Waals surface area contributed by atoms with Crippen LogP contribution in [-0.2, 0) is 0 Å².